The normalized spacial score (nSPS) is 14.9. The maximum Gasteiger partial charge on any atom is 0.338 e. The predicted octanol–water partition coefficient (Wildman–Crippen LogP) is 4.24. The Morgan fingerprint density at radius 3 is 2.49 bits per heavy atom. The number of nitrogens with one attached hydrogen (secondary N) is 1. The minimum Gasteiger partial charge on any atom is -0.462 e. The summed E-state index contributed by atoms with van der Waals surface area (Å²) in [7, 11) is 0. The van der Waals surface area contributed by atoms with Crippen LogP contribution in [0.5, 0.6) is 0 Å². The number of halogens is 1. The zero-order chi connectivity index (χ0) is 25.3. The molecule has 2 heterocycles. The Balaban J connectivity index is 1.73. The number of aromatic nitrogens is 1. The first-order valence-corrected chi connectivity index (χ1v) is 11.3. The van der Waals surface area contributed by atoms with Crippen molar-refractivity contribution in [3.63, 3.8) is 0 Å². The summed E-state index contributed by atoms with van der Waals surface area (Å²) < 4.78 is 20.4. The van der Waals surface area contributed by atoms with E-state index in [0.29, 0.717) is 16.8 Å². The fourth-order valence-corrected chi connectivity index (χ4v) is 4.24. The van der Waals surface area contributed by atoms with Crippen molar-refractivity contribution >= 4 is 46.9 Å². The summed E-state index contributed by atoms with van der Waals surface area (Å²) in [6.45, 7) is 5.75. The summed E-state index contributed by atoms with van der Waals surface area (Å²) in [4.78, 5) is 39.2. The molecule has 1 saturated heterocycles. The number of carbonyl (C=O) groups excluding carboxylic acids is 3. The number of rotatable bonds is 5. The van der Waals surface area contributed by atoms with Gasteiger partial charge in [-0.05, 0) is 93.2 Å². The number of carbonyl (C=O) groups is 3. The average Bonchev–Trinajstić information content (AvgIpc) is 3.10. The zero-order valence-corrected chi connectivity index (χ0v) is 20.1. The number of hydrogen-bond donors (Lipinski definition) is 1. The summed E-state index contributed by atoms with van der Waals surface area (Å²) in [6.07, 6.45) is 1.50. The molecule has 4 rings (SSSR count). The van der Waals surface area contributed by atoms with Gasteiger partial charge in [0.1, 0.15) is 11.4 Å². The Labute approximate surface area is 206 Å². The molecule has 1 aliphatic heterocycles. The van der Waals surface area contributed by atoms with Crippen LogP contribution in [0.3, 0.4) is 0 Å². The van der Waals surface area contributed by atoms with E-state index in [1.807, 2.05) is 30.5 Å². The van der Waals surface area contributed by atoms with Crippen LogP contribution in [-0.2, 0) is 14.3 Å². The lowest BCUT2D eigenvalue weighted by Gasteiger charge is -2.28. The fourth-order valence-electron chi connectivity index (χ4n) is 3.96. The topological polar surface area (TPSA) is 80.6 Å². The molecule has 0 radical (unpaired) electrons. The molecule has 178 valence electrons. The van der Waals surface area contributed by atoms with Crippen LogP contribution in [0.1, 0.15) is 34.2 Å². The highest BCUT2D eigenvalue weighted by Crippen LogP contribution is 2.26. The average molecular weight is 492 g/mol. The summed E-state index contributed by atoms with van der Waals surface area (Å²) in [5.74, 6) is -2.10. The minimum absolute atomic E-state index is 0.0787. The largest absolute Gasteiger partial charge is 0.462 e. The van der Waals surface area contributed by atoms with E-state index in [2.05, 4.69) is 5.32 Å². The Morgan fingerprint density at radius 1 is 1.09 bits per heavy atom. The highest BCUT2D eigenvalue weighted by molar-refractivity contribution is 7.80. The molecule has 1 fully saturated rings. The highest BCUT2D eigenvalue weighted by atomic mass is 32.1. The van der Waals surface area contributed by atoms with Crippen LogP contribution in [-0.4, -0.2) is 34.1 Å². The molecule has 0 unspecified atom stereocenters. The van der Waals surface area contributed by atoms with Crippen LogP contribution in [0.4, 0.5) is 10.1 Å². The van der Waals surface area contributed by atoms with Crippen molar-refractivity contribution in [2.75, 3.05) is 11.5 Å². The van der Waals surface area contributed by atoms with Gasteiger partial charge >= 0.3 is 5.97 Å². The van der Waals surface area contributed by atoms with Crippen molar-refractivity contribution in [1.82, 2.24) is 9.88 Å². The Kier molecular flexibility index (Phi) is 6.61. The summed E-state index contributed by atoms with van der Waals surface area (Å²) in [5.41, 5.74) is 3.64. The van der Waals surface area contributed by atoms with Crippen LogP contribution in [0.15, 0.2) is 60.2 Å². The van der Waals surface area contributed by atoms with E-state index in [1.54, 1.807) is 25.1 Å². The van der Waals surface area contributed by atoms with Crippen LogP contribution in [0, 0.1) is 19.7 Å². The molecule has 1 aromatic heterocycles. The van der Waals surface area contributed by atoms with E-state index in [9.17, 15) is 18.8 Å². The SMILES string of the molecule is CCOC(=O)c1cccc(-n2c(C)cc(/C=C3/C(=O)NC(=S)N(c4ccc(F)cc4)C3=O)c2C)c1. The fraction of sp³-hybridized carbons (Fsp3) is 0.154. The molecule has 2 amide bonds. The molecular weight excluding hydrogens is 469 g/mol. The monoisotopic (exact) mass is 491 g/mol. The molecule has 1 aliphatic rings. The van der Waals surface area contributed by atoms with Crippen molar-refractivity contribution in [3.8, 4) is 5.69 Å². The summed E-state index contributed by atoms with van der Waals surface area (Å²) in [6, 6.07) is 14.1. The van der Waals surface area contributed by atoms with E-state index in [0.717, 1.165) is 22.0 Å². The third-order valence-corrected chi connectivity index (χ3v) is 5.86. The molecule has 0 saturated carbocycles. The van der Waals surface area contributed by atoms with Gasteiger partial charge in [0.2, 0.25) is 0 Å². The quantitative estimate of drug-likeness (QED) is 0.250. The minimum atomic E-state index is -0.618. The first-order valence-electron chi connectivity index (χ1n) is 10.8. The van der Waals surface area contributed by atoms with Crippen molar-refractivity contribution in [3.05, 3.63) is 88.5 Å². The molecule has 0 spiro atoms. The van der Waals surface area contributed by atoms with Crippen molar-refractivity contribution < 1.29 is 23.5 Å². The maximum atomic E-state index is 13.4. The summed E-state index contributed by atoms with van der Waals surface area (Å²) in [5, 5.41) is 2.45. The second-order valence-corrected chi connectivity index (χ2v) is 8.25. The molecule has 7 nitrogen and oxygen atoms in total. The highest BCUT2D eigenvalue weighted by Gasteiger charge is 2.34. The van der Waals surface area contributed by atoms with Crippen LogP contribution in [0.2, 0.25) is 0 Å². The number of benzene rings is 2. The number of hydrogen-bond acceptors (Lipinski definition) is 5. The molecule has 35 heavy (non-hydrogen) atoms. The van der Waals surface area contributed by atoms with Crippen LogP contribution >= 0.6 is 12.2 Å². The molecule has 0 atom stereocenters. The Bertz CT molecular complexity index is 1390. The molecule has 3 aromatic rings. The van der Waals surface area contributed by atoms with Gasteiger partial charge in [-0.2, -0.15) is 0 Å². The van der Waals surface area contributed by atoms with Crippen LogP contribution in [0.25, 0.3) is 11.8 Å². The van der Waals surface area contributed by atoms with Gasteiger partial charge in [-0.15, -0.1) is 0 Å². The molecule has 9 heteroatoms. The van der Waals surface area contributed by atoms with Gasteiger partial charge in [0.15, 0.2) is 5.11 Å². The number of aryl methyl sites for hydroxylation is 1. The molecular formula is C26H22FN3O4S. The smallest absolute Gasteiger partial charge is 0.338 e. The number of thiocarbonyl (C=S) groups is 1. The van der Waals surface area contributed by atoms with Crippen molar-refractivity contribution in [2.45, 2.75) is 20.8 Å². The number of esters is 1. The standard InChI is InChI=1S/C26H22FN3O4S/c1-4-34-25(33)17-6-5-7-21(13-17)29-15(2)12-18(16(29)3)14-22-23(31)28-26(35)30(24(22)32)20-10-8-19(27)9-11-20/h5-14H,4H2,1-3H3,(H,28,31,35)/b22-14-. The first kappa shape index (κ1) is 24.0. The van der Waals surface area contributed by atoms with Crippen molar-refractivity contribution in [2.24, 2.45) is 0 Å². The number of anilines is 1. The first-order chi connectivity index (χ1) is 16.7. The van der Waals surface area contributed by atoms with E-state index < -0.39 is 23.6 Å². The van der Waals surface area contributed by atoms with Gasteiger partial charge in [-0.3, -0.25) is 19.8 Å². The Hall–Kier alpha value is -4.11. The predicted molar refractivity (Wildman–Crippen MR) is 134 cm³/mol. The van der Waals surface area contributed by atoms with Gasteiger partial charge in [-0.25, -0.2) is 9.18 Å². The van der Waals surface area contributed by atoms with Crippen molar-refractivity contribution in [1.29, 1.82) is 0 Å². The van der Waals surface area contributed by atoms with Gasteiger partial charge in [0.05, 0.1) is 17.9 Å². The van der Waals surface area contributed by atoms with Gasteiger partial charge in [0, 0.05) is 17.1 Å². The van der Waals surface area contributed by atoms with E-state index in [4.69, 9.17) is 17.0 Å². The lowest BCUT2D eigenvalue weighted by Crippen LogP contribution is -2.54. The van der Waals surface area contributed by atoms with E-state index >= 15 is 0 Å². The van der Waals surface area contributed by atoms with Gasteiger partial charge in [0.25, 0.3) is 11.8 Å². The maximum absolute atomic E-state index is 13.4. The molecule has 2 aromatic carbocycles. The third kappa shape index (κ3) is 4.63. The van der Waals surface area contributed by atoms with Gasteiger partial charge < -0.3 is 9.30 Å². The van der Waals surface area contributed by atoms with Gasteiger partial charge in [-0.1, -0.05) is 6.07 Å². The molecule has 0 aliphatic carbocycles. The zero-order valence-electron chi connectivity index (χ0n) is 19.3. The lowest BCUT2D eigenvalue weighted by molar-refractivity contribution is -0.122. The van der Waals surface area contributed by atoms with Crippen LogP contribution < -0.4 is 10.2 Å². The number of nitrogens with zero attached hydrogens (tertiary/aromatic N) is 2. The molecule has 0 bridgehead atoms. The third-order valence-electron chi connectivity index (χ3n) is 5.57. The second-order valence-electron chi connectivity index (χ2n) is 7.87. The lowest BCUT2D eigenvalue weighted by atomic mass is 10.1. The van der Waals surface area contributed by atoms with E-state index in [1.165, 1.54) is 30.3 Å². The second kappa shape index (κ2) is 9.63. The van der Waals surface area contributed by atoms with E-state index in [-0.39, 0.29) is 17.3 Å². The molecule has 1 N–H and O–H groups in total. The number of amides is 2. The number of ether oxygens (including phenoxy) is 1. The Morgan fingerprint density at radius 2 is 1.80 bits per heavy atom. The summed E-state index contributed by atoms with van der Waals surface area (Å²) >= 11 is 5.19.